The molecule has 0 aliphatic heterocycles. The van der Waals surface area contributed by atoms with E-state index < -0.39 is 6.10 Å². The van der Waals surface area contributed by atoms with E-state index in [1.165, 1.54) is 16.9 Å². The largest absolute Gasteiger partial charge is 0.494 e. The van der Waals surface area contributed by atoms with Crippen LogP contribution in [0.1, 0.15) is 42.2 Å². The first-order valence-electron chi connectivity index (χ1n) is 8.18. The molecule has 1 aliphatic carbocycles. The molecule has 2 amide bonds. The van der Waals surface area contributed by atoms with Crippen LogP contribution in [0.15, 0.2) is 35.0 Å². The predicted molar refractivity (Wildman–Crippen MR) is 94.5 cm³/mol. The summed E-state index contributed by atoms with van der Waals surface area (Å²) < 4.78 is 5.66. The Hall–Kier alpha value is -2.05. The topological polar surface area (TPSA) is 70.6 Å². The zero-order valence-corrected chi connectivity index (χ0v) is 14.4. The molecule has 3 N–H and O–H groups in total. The zero-order chi connectivity index (χ0) is 16.9. The Morgan fingerprint density at radius 1 is 1.46 bits per heavy atom. The number of hydrogen-bond acceptors (Lipinski definition) is 4. The Balaban J connectivity index is 1.56. The molecule has 1 aromatic heterocycles. The van der Waals surface area contributed by atoms with Crippen LogP contribution in [0.2, 0.25) is 0 Å². The summed E-state index contributed by atoms with van der Waals surface area (Å²) in [6.07, 6.45) is 1.08. The lowest BCUT2D eigenvalue weighted by molar-refractivity contribution is 0.173. The van der Waals surface area contributed by atoms with Crippen LogP contribution in [0.4, 0.5) is 4.79 Å². The van der Waals surface area contributed by atoms with Gasteiger partial charge in [-0.1, -0.05) is 12.1 Å². The lowest BCUT2D eigenvalue weighted by Gasteiger charge is -2.17. The average molecular weight is 346 g/mol. The van der Waals surface area contributed by atoms with Gasteiger partial charge in [0.15, 0.2) is 0 Å². The van der Waals surface area contributed by atoms with Crippen molar-refractivity contribution in [1.82, 2.24) is 10.6 Å². The first kappa shape index (κ1) is 16.8. The maximum absolute atomic E-state index is 12.1. The number of hydrogen-bond donors (Lipinski definition) is 3. The molecule has 0 radical (unpaired) electrons. The maximum atomic E-state index is 12.1. The Morgan fingerprint density at radius 2 is 2.33 bits per heavy atom. The summed E-state index contributed by atoms with van der Waals surface area (Å²) in [6.45, 7) is 2.80. The first-order valence-corrected chi connectivity index (χ1v) is 9.12. The van der Waals surface area contributed by atoms with Crippen LogP contribution in [0.3, 0.4) is 0 Å². The van der Waals surface area contributed by atoms with Crippen LogP contribution >= 0.6 is 11.3 Å². The normalized spacial score (nSPS) is 17.2. The van der Waals surface area contributed by atoms with E-state index in [1.54, 1.807) is 0 Å². The lowest BCUT2D eigenvalue weighted by atomic mass is 10.1. The van der Waals surface area contributed by atoms with Gasteiger partial charge in [-0.3, -0.25) is 0 Å². The van der Waals surface area contributed by atoms with E-state index in [-0.39, 0.29) is 18.6 Å². The SMILES string of the molecule is CCOc1cccc2c1CC[C@H]2NC(=O)NC[C@H](O)c1ccsc1. The summed E-state index contributed by atoms with van der Waals surface area (Å²) in [4.78, 5) is 12.1. The minimum absolute atomic E-state index is 0.0151. The van der Waals surface area contributed by atoms with Gasteiger partial charge in [-0.2, -0.15) is 11.3 Å². The molecule has 0 saturated heterocycles. The highest BCUT2D eigenvalue weighted by atomic mass is 32.1. The molecule has 6 heteroatoms. The van der Waals surface area contributed by atoms with Crippen LogP contribution in [0.5, 0.6) is 5.75 Å². The fourth-order valence-electron chi connectivity index (χ4n) is 3.04. The number of benzene rings is 1. The number of aliphatic hydroxyl groups excluding tert-OH is 1. The van der Waals surface area contributed by atoms with Gasteiger partial charge in [0.25, 0.3) is 0 Å². The smallest absolute Gasteiger partial charge is 0.315 e. The summed E-state index contributed by atoms with van der Waals surface area (Å²) >= 11 is 1.53. The Kier molecular flexibility index (Phi) is 5.37. The third-order valence-corrected chi connectivity index (χ3v) is 4.92. The molecular formula is C18H22N2O3S. The molecule has 2 aromatic rings. The summed E-state index contributed by atoms with van der Waals surface area (Å²) in [6, 6.07) is 7.56. The second kappa shape index (κ2) is 7.68. The van der Waals surface area contributed by atoms with Gasteiger partial charge in [0.2, 0.25) is 0 Å². The number of rotatable bonds is 6. The van der Waals surface area contributed by atoms with Crippen molar-refractivity contribution in [3.63, 3.8) is 0 Å². The second-order valence-corrected chi connectivity index (χ2v) is 6.56. The molecule has 1 aliphatic rings. The van der Waals surface area contributed by atoms with Crippen LogP contribution in [-0.4, -0.2) is 24.3 Å². The highest BCUT2D eigenvalue weighted by molar-refractivity contribution is 7.07. The van der Waals surface area contributed by atoms with Crippen molar-refractivity contribution >= 4 is 17.4 Å². The molecule has 0 fully saturated rings. The molecule has 0 spiro atoms. The fraction of sp³-hybridized carbons (Fsp3) is 0.389. The fourth-order valence-corrected chi connectivity index (χ4v) is 3.75. The second-order valence-electron chi connectivity index (χ2n) is 5.78. The van der Waals surface area contributed by atoms with Gasteiger partial charge in [0.05, 0.1) is 18.8 Å². The van der Waals surface area contributed by atoms with Gasteiger partial charge in [0, 0.05) is 6.54 Å². The van der Waals surface area contributed by atoms with E-state index in [4.69, 9.17) is 4.74 Å². The van der Waals surface area contributed by atoms with Crippen molar-refractivity contribution in [2.45, 2.75) is 31.9 Å². The monoisotopic (exact) mass is 346 g/mol. The maximum Gasteiger partial charge on any atom is 0.315 e. The zero-order valence-electron chi connectivity index (χ0n) is 13.6. The highest BCUT2D eigenvalue weighted by Crippen LogP contribution is 2.36. The van der Waals surface area contributed by atoms with Crippen LogP contribution in [0, 0.1) is 0 Å². The van der Waals surface area contributed by atoms with E-state index >= 15 is 0 Å². The molecule has 2 atom stereocenters. The van der Waals surface area contributed by atoms with Gasteiger partial charge in [-0.05, 0) is 59.3 Å². The molecule has 0 unspecified atom stereocenters. The number of amides is 2. The Labute approximate surface area is 145 Å². The number of nitrogens with one attached hydrogen (secondary N) is 2. The van der Waals surface area contributed by atoms with Crippen LogP contribution in [0.25, 0.3) is 0 Å². The molecule has 0 bridgehead atoms. The third-order valence-electron chi connectivity index (χ3n) is 4.22. The summed E-state index contributed by atoms with van der Waals surface area (Å²) in [7, 11) is 0. The van der Waals surface area contributed by atoms with Gasteiger partial charge >= 0.3 is 6.03 Å². The van der Waals surface area contributed by atoms with Crippen molar-refractivity contribution < 1.29 is 14.6 Å². The molecular weight excluding hydrogens is 324 g/mol. The Morgan fingerprint density at radius 3 is 3.08 bits per heavy atom. The number of fused-ring (bicyclic) bond motifs is 1. The predicted octanol–water partition coefficient (Wildman–Crippen LogP) is 3.17. The van der Waals surface area contributed by atoms with Gasteiger partial charge in [-0.25, -0.2) is 4.79 Å². The first-order chi connectivity index (χ1) is 11.7. The van der Waals surface area contributed by atoms with E-state index in [2.05, 4.69) is 10.6 Å². The molecule has 1 aromatic carbocycles. The summed E-state index contributed by atoms with van der Waals surface area (Å²) in [5.74, 6) is 0.910. The highest BCUT2D eigenvalue weighted by Gasteiger charge is 2.26. The molecule has 24 heavy (non-hydrogen) atoms. The van der Waals surface area contributed by atoms with Crippen molar-refractivity contribution in [1.29, 1.82) is 0 Å². The summed E-state index contributed by atoms with van der Waals surface area (Å²) in [5.41, 5.74) is 3.13. The number of urea groups is 1. The number of aliphatic hydroxyl groups is 1. The number of thiophene rings is 1. The third kappa shape index (κ3) is 3.71. The van der Waals surface area contributed by atoms with Crippen molar-refractivity contribution in [3.8, 4) is 5.75 Å². The van der Waals surface area contributed by atoms with Crippen LogP contribution < -0.4 is 15.4 Å². The molecule has 128 valence electrons. The molecule has 1 heterocycles. The number of carbonyl (C=O) groups is 1. The van der Waals surface area contributed by atoms with Crippen molar-refractivity contribution in [3.05, 3.63) is 51.7 Å². The van der Waals surface area contributed by atoms with Gasteiger partial charge in [0.1, 0.15) is 5.75 Å². The van der Waals surface area contributed by atoms with E-state index in [0.29, 0.717) is 6.61 Å². The molecule has 0 saturated carbocycles. The summed E-state index contributed by atoms with van der Waals surface area (Å²) in [5, 5.41) is 19.5. The standard InChI is InChI=1S/C18H22N2O3S/c1-2-23-17-5-3-4-13-14(17)6-7-15(13)20-18(22)19-10-16(21)12-8-9-24-11-12/h3-5,8-9,11,15-16,21H,2,6-7,10H2,1H3,(H2,19,20,22)/t15-,16+/m1/s1. The van der Waals surface area contributed by atoms with E-state index in [1.807, 2.05) is 41.9 Å². The minimum Gasteiger partial charge on any atom is -0.494 e. The molecule has 3 rings (SSSR count). The van der Waals surface area contributed by atoms with Crippen LogP contribution in [-0.2, 0) is 6.42 Å². The van der Waals surface area contributed by atoms with Gasteiger partial charge < -0.3 is 20.5 Å². The van der Waals surface area contributed by atoms with E-state index in [9.17, 15) is 9.90 Å². The quantitative estimate of drug-likeness (QED) is 0.752. The number of carbonyl (C=O) groups excluding carboxylic acids is 1. The van der Waals surface area contributed by atoms with Crippen molar-refractivity contribution in [2.24, 2.45) is 0 Å². The Bertz CT molecular complexity index is 688. The van der Waals surface area contributed by atoms with Crippen molar-refractivity contribution in [2.75, 3.05) is 13.2 Å². The molecule has 5 nitrogen and oxygen atoms in total. The average Bonchev–Trinajstić information content (AvgIpc) is 3.24. The number of ether oxygens (including phenoxy) is 1. The van der Waals surface area contributed by atoms with Gasteiger partial charge in [-0.15, -0.1) is 0 Å². The van der Waals surface area contributed by atoms with E-state index in [0.717, 1.165) is 29.7 Å². The lowest BCUT2D eigenvalue weighted by Crippen LogP contribution is -2.39. The minimum atomic E-state index is -0.678.